The summed E-state index contributed by atoms with van der Waals surface area (Å²) in [4.78, 5) is 10.7. The molecule has 0 radical (unpaired) electrons. The molecule has 104 valence electrons. The number of hydrogen-bond acceptors (Lipinski definition) is 4. The third-order valence-corrected chi connectivity index (χ3v) is 3.86. The van der Waals surface area contributed by atoms with E-state index in [1.807, 2.05) is 6.92 Å². The Hall–Kier alpha value is -1.62. The first-order valence-electron chi connectivity index (χ1n) is 6.70. The van der Waals surface area contributed by atoms with Gasteiger partial charge < -0.3 is 10.4 Å². The molecule has 0 saturated heterocycles. The molecule has 0 heterocycles. The lowest BCUT2D eigenvalue weighted by molar-refractivity contribution is -0.384. The van der Waals surface area contributed by atoms with Crippen molar-refractivity contribution in [2.45, 2.75) is 44.6 Å². The van der Waals surface area contributed by atoms with Crippen molar-refractivity contribution in [3.63, 3.8) is 0 Å². The second-order valence-electron chi connectivity index (χ2n) is 5.40. The van der Waals surface area contributed by atoms with Crippen LogP contribution in [0.4, 0.5) is 11.4 Å². The van der Waals surface area contributed by atoms with E-state index in [0.29, 0.717) is 5.69 Å². The van der Waals surface area contributed by atoms with Gasteiger partial charge in [0, 0.05) is 6.07 Å². The van der Waals surface area contributed by atoms with Crippen LogP contribution < -0.4 is 5.32 Å². The third-order valence-electron chi connectivity index (χ3n) is 3.86. The Labute approximate surface area is 112 Å². The Morgan fingerprint density at radius 3 is 2.63 bits per heavy atom. The van der Waals surface area contributed by atoms with Crippen molar-refractivity contribution in [1.29, 1.82) is 0 Å². The van der Waals surface area contributed by atoms with Crippen molar-refractivity contribution >= 4 is 11.4 Å². The van der Waals surface area contributed by atoms with Gasteiger partial charge in [0.15, 0.2) is 0 Å². The van der Waals surface area contributed by atoms with Gasteiger partial charge in [-0.05, 0) is 31.4 Å². The maximum Gasteiger partial charge on any atom is 0.292 e. The Morgan fingerprint density at radius 1 is 1.37 bits per heavy atom. The molecule has 0 spiro atoms. The molecule has 5 nitrogen and oxygen atoms in total. The summed E-state index contributed by atoms with van der Waals surface area (Å²) < 4.78 is 0. The van der Waals surface area contributed by atoms with Crippen LogP contribution >= 0.6 is 0 Å². The van der Waals surface area contributed by atoms with E-state index >= 15 is 0 Å². The average Bonchev–Trinajstić information content (AvgIpc) is 2.39. The highest BCUT2D eigenvalue weighted by atomic mass is 16.6. The van der Waals surface area contributed by atoms with Gasteiger partial charge in [-0.1, -0.05) is 25.3 Å². The average molecular weight is 264 g/mol. The van der Waals surface area contributed by atoms with E-state index in [9.17, 15) is 15.2 Å². The monoisotopic (exact) mass is 264 g/mol. The zero-order chi connectivity index (χ0) is 13.9. The summed E-state index contributed by atoms with van der Waals surface area (Å²) >= 11 is 0. The molecular formula is C14H20N2O3. The zero-order valence-electron chi connectivity index (χ0n) is 11.2. The van der Waals surface area contributed by atoms with Gasteiger partial charge in [-0.15, -0.1) is 0 Å². The number of rotatable bonds is 4. The summed E-state index contributed by atoms with van der Waals surface area (Å²) in [6.45, 7) is 1.92. The second-order valence-corrected chi connectivity index (χ2v) is 5.40. The van der Waals surface area contributed by atoms with Gasteiger partial charge in [-0.3, -0.25) is 10.1 Å². The normalized spacial score (nSPS) is 18.0. The maximum atomic E-state index is 11.1. The summed E-state index contributed by atoms with van der Waals surface area (Å²) in [5.74, 6) is 0. The van der Waals surface area contributed by atoms with Gasteiger partial charge in [-0.25, -0.2) is 0 Å². The molecule has 0 aliphatic heterocycles. The van der Waals surface area contributed by atoms with E-state index in [0.717, 1.165) is 31.2 Å². The van der Waals surface area contributed by atoms with Crippen molar-refractivity contribution in [3.8, 4) is 0 Å². The number of nitrogens with zero attached hydrogens (tertiary/aromatic N) is 1. The van der Waals surface area contributed by atoms with Crippen LogP contribution in [0.5, 0.6) is 0 Å². The van der Waals surface area contributed by atoms with Crippen LogP contribution in [0, 0.1) is 17.0 Å². The molecule has 5 heteroatoms. The quantitative estimate of drug-likeness (QED) is 0.647. The van der Waals surface area contributed by atoms with Crippen molar-refractivity contribution in [3.05, 3.63) is 33.9 Å². The van der Waals surface area contributed by atoms with Crippen LogP contribution in [0.25, 0.3) is 0 Å². The van der Waals surface area contributed by atoms with E-state index in [1.165, 1.54) is 12.5 Å². The fourth-order valence-electron chi connectivity index (χ4n) is 2.75. The second kappa shape index (κ2) is 5.57. The molecule has 1 aromatic rings. The summed E-state index contributed by atoms with van der Waals surface area (Å²) in [6.07, 6.45) is 4.98. The smallest absolute Gasteiger partial charge is 0.292 e. The van der Waals surface area contributed by atoms with Crippen molar-refractivity contribution < 1.29 is 10.0 Å². The lowest BCUT2D eigenvalue weighted by Crippen LogP contribution is -2.44. The van der Waals surface area contributed by atoms with Crippen LogP contribution in [0.3, 0.4) is 0 Å². The predicted octanol–water partition coefficient (Wildman–Crippen LogP) is 3.01. The van der Waals surface area contributed by atoms with Crippen LogP contribution in [-0.2, 0) is 0 Å². The maximum absolute atomic E-state index is 11.1. The fourth-order valence-corrected chi connectivity index (χ4v) is 2.75. The van der Waals surface area contributed by atoms with Crippen LogP contribution in [0.1, 0.15) is 37.7 Å². The number of hydrogen-bond donors (Lipinski definition) is 2. The first-order valence-corrected chi connectivity index (χ1v) is 6.70. The summed E-state index contributed by atoms with van der Waals surface area (Å²) in [6, 6.07) is 5.03. The summed E-state index contributed by atoms with van der Waals surface area (Å²) in [5, 5.41) is 24.0. The molecule has 1 aromatic carbocycles. The zero-order valence-corrected chi connectivity index (χ0v) is 11.2. The SMILES string of the molecule is Cc1ccc([N+](=O)[O-])c(NC2(CO)CCCCC2)c1. The molecule has 2 rings (SSSR count). The first kappa shape index (κ1) is 13.8. The number of aryl methyl sites for hydroxylation is 1. The predicted molar refractivity (Wildman–Crippen MR) is 74.4 cm³/mol. The van der Waals surface area contributed by atoms with Gasteiger partial charge >= 0.3 is 0 Å². The Bertz CT molecular complexity index is 468. The lowest BCUT2D eigenvalue weighted by Gasteiger charge is -2.37. The molecule has 2 N–H and O–H groups in total. The standard InChI is InChI=1S/C14H20N2O3/c1-11-5-6-13(16(18)19)12(9-11)15-14(10-17)7-3-2-4-8-14/h5-6,9,15,17H,2-4,7-8,10H2,1H3. The number of nitro groups is 1. The minimum Gasteiger partial charge on any atom is -0.394 e. The highest BCUT2D eigenvalue weighted by Gasteiger charge is 2.33. The molecule has 1 saturated carbocycles. The molecule has 1 aliphatic rings. The Balaban J connectivity index is 2.30. The molecule has 1 aliphatic carbocycles. The number of anilines is 1. The highest BCUT2D eigenvalue weighted by Crippen LogP contribution is 2.35. The number of aliphatic hydroxyl groups excluding tert-OH is 1. The molecular weight excluding hydrogens is 244 g/mol. The Kier molecular flexibility index (Phi) is 4.04. The number of nitro benzene ring substituents is 1. The van der Waals surface area contributed by atoms with Gasteiger partial charge in [0.05, 0.1) is 17.1 Å². The molecule has 1 fully saturated rings. The third kappa shape index (κ3) is 3.04. The van der Waals surface area contributed by atoms with Gasteiger partial charge in [0.1, 0.15) is 5.69 Å². The van der Waals surface area contributed by atoms with E-state index in [-0.39, 0.29) is 17.2 Å². The van der Waals surface area contributed by atoms with Gasteiger partial charge in [0.2, 0.25) is 0 Å². The van der Waals surface area contributed by atoms with Crippen LogP contribution in [0.2, 0.25) is 0 Å². The van der Waals surface area contributed by atoms with Gasteiger partial charge in [0.25, 0.3) is 5.69 Å². The molecule has 0 atom stereocenters. The fraction of sp³-hybridized carbons (Fsp3) is 0.571. The summed E-state index contributed by atoms with van der Waals surface area (Å²) in [7, 11) is 0. The minimum absolute atomic E-state index is 0.0120. The van der Waals surface area contributed by atoms with Crippen LogP contribution in [0.15, 0.2) is 18.2 Å². The lowest BCUT2D eigenvalue weighted by atomic mass is 9.82. The number of aliphatic hydroxyl groups is 1. The molecule has 0 unspecified atom stereocenters. The van der Waals surface area contributed by atoms with E-state index in [1.54, 1.807) is 12.1 Å². The molecule has 19 heavy (non-hydrogen) atoms. The van der Waals surface area contributed by atoms with Crippen LogP contribution in [-0.4, -0.2) is 22.2 Å². The van der Waals surface area contributed by atoms with E-state index < -0.39 is 5.54 Å². The first-order chi connectivity index (χ1) is 9.06. The van der Waals surface area contributed by atoms with Gasteiger partial charge in [-0.2, -0.15) is 0 Å². The number of benzene rings is 1. The highest BCUT2D eigenvalue weighted by molar-refractivity contribution is 5.64. The molecule has 0 bridgehead atoms. The van der Waals surface area contributed by atoms with E-state index in [4.69, 9.17) is 0 Å². The van der Waals surface area contributed by atoms with Crippen molar-refractivity contribution in [1.82, 2.24) is 0 Å². The van der Waals surface area contributed by atoms with Crippen molar-refractivity contribution in [2.75, 3.05) is 11.9 Å². The van der Waals surface area contributed by atoms with Crippen molar-refractivity contribution in [2.24, 2.45) is 0 Å². The summed E-state index contributed by atoms with van der Waals surface area (Å²) in [5.41, 5.74) is 1.15. The largest absolute Gasteiger partial charge is 0.394 e. The minimum atomic E-state index is -0.406. The Morgan fingerprint density at radius 2 is 2.05 bits per heavy atom. The molecule has 0 amide bonds. The molecule has 0 aromatic heterocycles. The topological polar surface area (TPSA) is 75.4 Å². The number of nitrogens with one attached hydrogen (secondary N) is 1. The van der Waals surface area contributed by atoms with E-state index in [2.05, 4.69) is 5.32 Å².